The maximum absolute atomic E-state index is 5.57. The zero-order valence-corrected chi connectivity index (χ0v) is 15.6. The van der Waals surface area contributed by atoms with Crippen LogP contribution in [0.5, 0.6) is 0 Å². The predicted molar refractivity (Wildman–Crippen MR) is 97.5 cm³/mol. The maximum Gasteiger partial charge on any atom is 0.0710 e. The number of hydrogen-bond donors (Lipinski definition) is 0. The molecule has 0 saturated carbocycles. The monoisotopic (exact) mass is 311 g/mol. The first-order valence-electron chi connectivity index (χ1n) is 10.1. The molecule has 0 spiro atoms. The Morgan fingerprint density at radius 2 is 1.41 bits per heavy atom. The second-order valence-corrected chi connectivity index (χ2v) is 7.20. The summed E-state index contributed by atoms with van der Waals surface area (Å²) in [5.41, 5.74) is 0. The van der Waals surface area contributed by atoms with Gasteiger partial charge in [-0.1, -0.05) is 78.1 Å². The van der Waals surface area contributed by atoms with Crippen molar-refractivity contribution in [3.63, 3.8) is 0 Å². The summed E-state index contributed by atoms with van der Waals surface area (Å²) < 4.78 is 5.57. The molecular formula is C20H41NO. The predicted octanol–water partition coefficient (Wildman–Crippen LogP) is 5.80. The van der Waals surface area contributed by atoms with E-state index in [9.17, 15) is 0 Å². The fourth-order valence-corrected chi connectivity index (χ4v) is 3.75. The summed E-state index contributed by atoms with van der Waals surface area (Å²) in [4.78, 5) is 2.73. The van der Waals surface area contributed by atoms with Crippen molar-refractivity contribution in [3.05, 3.63) is 0 Å². The number of ether oxygens (including phenoxy) is 1. The van der Waals surface area contributed by atoms with Crippen molar-refractivity contribution in [2.75, 3.05) is 20.2 Å². The molecule has 1 heterocycles. The molecule has 0 aromatic carbocycles. The second kappa shape index (κ2) is 13.4. The molecule has 0 aromatic rings. The Labute approximate surface area is 140 Å². The van der Waals surface area contributed by atoms with Gasteiger partial charge in [-0.2, -0.15) is 0 Å². The number of hydrogen-bond acceptors (Lipinski definition) is 2. The molecule has 1 aliphatic heterocycles. The van der Waals surface area contributed by atoms with Crippen LogP contribution in [0.3, 0.4) is 0 Å². The van der Waals surface area contributed by atoms with Gasteiger partial charge in [-0.05, 0) is 19.3 Å². The van der Waals surface area contributed by atoms with Gasteiger partial charge in [0.1, 0.15) is 0 Å². The highest BCUT2D eigenvalue weighted by atomic mass is 16.5. The average Bonchev–Trinajstić information content (AvgIpc) is 3.01. The topological polar surface area (TPSA) is 12.5 Å². The highest BCUT2D eigenvalue weighted by Crippen LogP contribution is 2.23. The van der Waals surface area contributed by atoms with Crippen molar-refractivity contribution in [2.45, 2.75) is 109 Å². The third kappa shape index (κ3) is 8.53. The third-order valence-corrected chi connectivity index (χ3v) is 5.31. The lowest BCUT2D eigenvalue weighted by Crippen LogP contribution is -2.34. The van der Waals surface area contributed by atoms with Crippen LogP contribution in [-0.2, 0) is 4.74 Å². The van der Waals surface area contributed by atoms with Gasteiger partial charge in [-0.15, -0.1) is 0 Å². The van der Waals surface area contributed by atoms with Crippen LogP contribution in [0.1, 0.15) is 97.3 Å². The van der Waals surface area contributed by atoms with E-state index in [2.05, 4.69) is 18.7 Å². The summed E-state index contributed by atoms with van der Waals surface area (Å²) >= 11 is 0. The molecule has 2 nitrogen and oxygen atoms in total. The number of methoxy groups -OCH3 is 1. The zero-order valence-electron chi connectivity index (χ0n) is 15.6. The van der Waals surface area contributed by atoms with Crippen LogP contribution in [0.4, 0.5) is 0 Å². The molecule has 132 valence electrons. The maximum atomic E-state index is 5.57. The second-order valence-electron chi connectivity index (χ2n) is 7.20. The minimum atomic E-state index is 0.489. The van der Waals surface area contributed by atoms with E-state index in [0.717, 1.165) is 6.04 Å². The molecule has 1 rings (SSSR count). The van der Waals surface area contributed by atoms with Crippen LogP contribution in [0.2, 0.25) is 0 Å². The van der Waals surface area contributed by atoms with Crippen molar-refractivity contribution >= 4 is 0 Å². The average molecular weight is 312 g/mol. The van der Waals surface area contributed by atoms with E-state index in [4.69, 9.17) is 4.74 Å². The van der Waals surface area contributed by atoms with Crippen molar-refractivity contribution in [2.24, 2.45) is 0 Å². The van der Waals surface area contributed by atoms with Crippen LogP contribution in [-0.4, -0.2) is 37.2 Å². The van der Waals surface area contributed by atoms with E-state index < -0.39 is 0 Å². The molecule has 2 heteroatoms. The fourth-order valence-electron chi connectivity index (χ4n) is 3.75. The minimum Gasteiger partial charge on any atom is -0.380 e. The Morgan fingerprint density at radius 3 is 1.86 bits per heavy atom. The molecule has 0 radical (unpaired) electrons. The van der Waals surface area contributed by atoms with E-state index in [0.29, 0.717) is 6.10 Å². The standard InChI is InChI=1S/C20H41NO/c1-4-6-8-10-12-14-19(15-13-11-9-7-5-2)21-17-16-20(18-21)22-3/h19-20H,4-18H2,1-3H3. The Morgan fingerprint density at radius 1 is 0.864 bits per heavy atom. The number of rotatable bonds is 14. The summed E-state index contributed by atoms with van der Waals surface area (Å²) in [6.07, 6.45) is 18.6. The highest BCUT2D eigenvalue weighted by Gasteiger charge is 2.27. The van der Waals surface area contributed by atoms with Crippen LogP contribution < -0.4 is 0 Å². The first kappa shape index (κ1) is 20.0. The van der Waals surface area contributed by atoms with Crippen LogP contribution in [0.25, 0.3) is 0 Å². The molecule has 1 atom stereocenters. The molecule has 0 amide bonds. The van der Waals surface area contributed by atoms with Gasteiger partial charge in [-0.3, -0.25) is 4.90 Å². The Bertz CT molecular complexity index is 230. The van der Waals surface area contributed by atoms with E-state index in [-0.39, 0.29) is 0 Å². The van der Waals surface area contributed by atoms with Gasteiger partial charge in [0.25, 0.3) is 0 Å². The van der Waals surface area contributed by atoms with E-state index in [1.165, 1.54) is 96.6 Å². The van der Waals surface area contributed by atoms with Gasteiger partial charge >= 0.3 is 0 Å². The SMILES string of the molecule is CCCCCCCC(CCCCCCC)N1CCC(OC)C1. The molecular weight excluding hydrogens is 270 g/mol. The largest absolute Gasteiger partial charge is 0.380 e. The normalized spacial score (nSPS) is 19.4. The summed E-state index contributed by atoms with van der Waals surface area (Å²) in [5.74, 6) is 0. The van der Waals surface area contributed by atoms with Gasteiger partial charge in [-0.25, -0.2) is 0 Å². The lowest BCUT2D eigenvalue weighted by molar-refractivity contribution is 0.0977. The quantitative estimate of drug-likeness (QED) is 0.376. The van der Waals surface area contributed by atoms with Crippen molar-refractivity contribution in [1.29, 1.82) is 0 Å². The summed E-state index contributed by atoms with van der Waals surface area (Å²) in [6.45, 7) is 7.03. The van der Waals surface area contributed by atoms with Crippen molar-refractivity contribution in [1.82, 2.24) is 4.90 Å². The lowest BCUT2D eigenvalue weighted by Gasteiger charge is -2.28. The first-order valence-corrected chi connectivity index (χ1v) is 10.1. The van der Waals surface area contributed by atoms with E-state index in [1.54, 1.807) is 0 Å². The molecule has 1 fully saturated rings. The number of unbranched alkanes of at least 4 members (excludes halogenated alkanes) is 8. The van der Waals surface area contributed by atoms with Crippen molar-refractivity contribution < 1.29 is 4.74 Å². The molecule has 0 N–H and O–H groups in total. The van der Waals surface area contributed by atoms with Crippen LogP contribution in [0.15, 0.2) is 0 Å². The highest BCUT2D eigenvalue weighted by molar-refractivity contribution is 4.82. The third-order valence-electron chi connectivity index (χ3n) is 5.31. The Kier molecular flexibility index (Phi) is 12.1. The van der Waals surface area contributed by atoms with Crippen LogP contribution >= 0.6 is 0 Å². The van der Waals surface area contributed by atoms with Crippen molar-refractivity contribution in [3.8, 4) is 0 Å². The smallest absolute Gasteiger partial charge is 0.0710 e. The minimum absolute atomic E-state index is 0.489. The summed E-state index contributed by atoms with van der Waals surface area (Å²) in [7, 11) is 1.87. The number of likely N-dealkylation sites (tertiary alicyclic amines) is 1. The van der Waals surface area contributed by atoms with Gasteiger partial charge in [0.2, 0.25) is 0 Å². The molecule has 22 heavy (non-hydrogen) atoms. The van der Waals surface area contributed by atoms with E-state index in [1.807, 2.05) is 7.11 Å². The van der Waals surface area contributed by atoms with E-state index >= 15 is 0 Å². The van der Waals surface area contributed by atoms with Gasteiger partial charge in [0, 0.05) is 26.2 Å². The summed E-state index contributed by atoms with van der Waals surface area (Å²) in [6, 6.07) is 0.823. The fraction of sp³-hybridized carbons (Fsp3) is 1.00. The van der Waals surface area contributed by atoms with Crippen LogP contribution in [0, 0.1) is 0 Å². The molecule has 0 bridgehead atoms. The zero-order chi connectivity index (χ0) is 16.0. The van der Waals surface area contributed by atoms with Gasteiger partial charge in [0.15, 0.2) is 0 Å². The molecule has 0 aliphatic carbocycles. The molecule has 1 unspecified atom stereocenters. The number of nitrogens with zero attached hydrogens (tertiary/aromatic N) is 1. The van der Waals surface area contributed by atoms with Gasteiger partial charge in [0.05, 0.1) is 6.10 Å². The van der Waals surface area contributed by atoms with Gasteiger partial charge < -0.3 is 4.74 Å². The Balaban J connectivity index is 2.26. The lowest BCUT2D eigenvalue weighted by atomic mass is 9.99. The Hall–Kier alpha value is -0.0800. The molecule has 1 saturated heterocycles. The molecule has 0 aromatic heterocycles. The summed E-state index contributed by atoms with van der Waals surface area (Å²) in [5, 5.41) is 0. The first-order chi connectivity index (χ1) is 10.8. The molecule has 1 aliphatic rings.